The molecule has 1 heterocycles. The summed E-state index contributed by atoms with van der Waals surface area (Å²) in [7, 11) is 0. The Morgan fingerprint density at radius 3 is 2.39 bits per heavy atom. The summed E-state index contributed by atoms with van der Waals surface area (Å²) in [6.45, 7) is 9.48. The molecule has 0 unspecified atom stereocenters. The molecule has 1 aliphatic rings. The van der Waals surface area contributed by atoms with Gasteiger partial charge in [-0.15, -0.1) is 10.2 Å². The second kappa shape index (κ2) is 11.3. The van der Waals surface area contributed by atoms with Crippen LogP contribution in [0.15, 0.2) is 9.64 Å². The monoisotopic (exact) mass is 448 g/mol. The van der Waals surface area contributed by atoms with Crippen molar-refractivity contribution >= 4 is 29.4 Å². The van der Waals surface area contributed by atoms with Gasteiger partial charge in [0.2, 0.25) is 11.7 Å². The summed E-state index contributed by atoms with van der Waals surface area (Å²) >= 11 is 1.37. The zero-order valence-corrected chi connectivity index (χ0v) is 19.7. The van der Waals surface area contributed by atoms with E-state index in [9.17, 15) is 14.4 Å². The number of Topliss-reactive ketones (excluding diaryl/α,β-unsaturated/α-hetero) is 1. The second-order valence-electron chi connectivity index (χ2n) is 8.53. The summed E-state index contributed by atoms with van der Waals surface area (Å²) in [6.07, 6.45) is 4.06. The molecule has 0 saturated heterocycles. The summed E-state index contributed by atoms with van der Waals surface area (Å²) in [5.74, 6) is 3.75. The number of carbonyl (C=O) groups excluding carboxylic acids is 3. The number of hydrogen-bond donors (Lipinski definition) is 2. The number of nitrogens with zero attached hydrogens (tertiary/aromatic N) is 2. The molecule has 0 aliphatic heterocycles. The number of carbonyl (C=O) groups is 3. The Balaban J connectivity index is 2.23. The lowest BCUT2D eigenvalue weighted by Crippen LogP contribution is -2.61. The number of hydrogen-bond acceptors (Lipinski definition) is 7. The molecule has 1 fully saturated rings. The molecule has 2 rings (SSSR count). The van der Waals surface area contributed by atoms with E-state index in [4.69, 9.17) is 4.42 Å². The Morgan fingerprint density at radius 2 is 1.81 bits per heavy atom. The highest BCUT2D eigenvalue weighted by Gasteiger charge is 2.42. The Hall–Kier alpha value is -2.34. The van der Waals surface area contributed by atoms with E-state index in [-0.39, 0.29) is 23.0 Å². The van der Waals surface area contributed by atoms with Gasteiger partial charge in [0.25, 0.3) is 17.0 Å². The van der Waals surface area contributed by atoms with E-state index < -0.39 is 23.3 Å². The molecular weight excluding hydrogens is 416 g/mol. The summed E-state index contributed by atoms with van der Waals surface area (Å²) in [4.78, 5) is 38.6. The first kappa shape index (κ1) is 24.9. The molecule has 1 saturated carbocycles. The third-order valence-corrected chi connectivity index (χ3v) is 5.85. The van der Waals surface area contributed by atoms with Gasteiger partial charge >= 0.3 is 0 Å². The van der Waals surface area contributed by atoms with Crippen LogP contribution in [-0.4, -0.2) is 44.6 Å². The van der Waals surface area contributed by atoms with Crippen molar-refractivity contribution in [2.45, 2.75) is 95.2 Å². The Kier molecular flexibility index (Phi) is 9.11. The molecule has 1 aliphatic carbocycles. The largest absolute Gasteiger partial charge is 0.408 e. The fourth-order valence-electron chi connectivity index (χ4n) is 3.63. The fourth-order valence-corrected chi connectivity index (χ4v) is 4.25. The summed E-state index contributed by atoms with van der Waals surface area (Å²) in [5.41, 5.74) is -1.07. The molecule has 0 bridgehead atoms. The number of amides is 2. The molecule has 9 heteroatoms. The molecule has 1 aromatic heterocycles. The van der Waals surface area contributed by atoms with Crippen LogP contribution in [0, 0.1) is 17.8 Å². The molecule has 31 heavy (non-hydrogen) atoms. The van der Waals surface area contributed by atoms with Crippen LogP contribution in [0.25, 0.3) is 0 Å². The van der Waals surface area contributed by atoms with Crippen LogP contribution in [-0.2, 0) is 9.59 Å². The molecule has 2 amide bonds. The smallest absolute Gasteiger partial charge is 0.296 e. The molecular formula is C22H32N4O4S. The van der Waals surface area contributed by atoms with Gasteiger partial charge in [-0.25, -0.2) is 0 Å². The molecule has 8 nitrogen and oxygen atoms in total. The highest BCUT2D eigenvalue weighted by molar-refractivity contribution is 7.99. The minimum absolute atomic E-state index is 0.118. The number of nitrogens with one attached hydrogen (secondary N) is 2. The van der Waals surface area contributed by atoms with Crippen LogP contribution >= 0.6 is 11.8 Å². The maximum Gasteiger partial charge on any atom is 0.296 e. The van der Waals surface area contributed by atoms with Crippen molar-refractivity contribution in [2.24, 2.45) is 5.92 Å². The maximum atomic E-state index is 13.3. The van der Waals surface area contributed by atoms with Gasteiger partial charge in [-0.3, -0.25) is 14.4 Å². The quantitative estimate of drug-likeness (QED) is 0.339. The van der Waals surface area contributed by atoms with Crippen molar-refractivity contribution in [3.05, 3.63) is 5.89 Å². The predicted molar refractivity (Wildman–Crippen MR) is 118 cm³/mol. The number of rotatable bonds is 9. The van der Waals surface area contributed by atoms with Gasteiger partial charge in [0, 0.05) is 5.25 Å². The summed E-state index contributed by atoms with van der Waals surface area (Å²) < 4.78 is 5.52. The van der Waals surface area contributed by atoms with Crippen molar-refractivity contribution in [1.29, 1.82) is 0 Å². The zero-order chi connectivity index (χ0) is 23.0. The first-order valence-electron chi connectivity index (χ1n) is 10.8. The molecule has 0 spiro atoms. The van der Waals surface area contributed by atoms with Crippen molar-refractivity contribution in [2.75, 3.05) is 0 Å². The van der Waals surface area contributed by atoms with E-state index in [0.717, 1.165) is 19.3 Å². The van der Waals surface area contributed by atoms with Gasteiger partial charge in [-0.1, -0.05) is 64.6 Å². The Labute approximate surface area is 188 Å². The zero-order valence-electron chi connectivity index (χ0n) is 18.9. The van der Waals surface area contributed by atoms with E-state index in [0.29, 0.717) is 24.5 Å². The molecule has 170 valence electrons. The van der Waals surface area contributed by atoms with Crippen molar-refractivity contribution in [3.8, 4) is 11.8 Å². The molecule has 2 N–H and O–H groups in total. The minimum atomic E-state index is -1.07. The van der Waals surface area contributed by atoms with Crippen molar-refractivity contribution in [3.63, 3.8) is 0 Å². The molecule has 0 aromatic carbocycles. The van der Waals surface area contributed by atoms with Crippen LogP contribution in [0.2, 0.25) is 0 Å². The average Bonchev–Trinajstić information content (AvgIpc) is 3.15. The molecule has 1 atom stereocenters. The summed E-state index contributed by atoms with van der Waals surface area (Å²) in [6, 6.07) is -0.821. The van der Waals surface area contributed by atoms with E-state index in [1.165, 1.54) is 11.8 Å². The SMILES string of the molecule is CC#CC(=O)NC1(C(=O)N[C@@H](CC(C)C)C(=O)c2nnc(SC(C)C)o2)CCCCC1. The van der Waals surface area contributed by atoms with Crippen LogP contribution in [0.4, 0.5) is 0 Å². The highest BCUT2D eigenvalue weighted by atomic mass is 32.2. The van der Waals surface area contributed by atoms with Gasteiger partial charge in [0.05, 0.1) is 6.04 Å². The van der Waals surface area contributed by atoms with Gasteiger partial charge in [0.15, 0.2) is 0 Å². The normalized spacial score (nSPS) is 16.4. The second-order valence-corrected chi connectivity index (χ2v) is 10.1. The van der Waals surface area contributed by atoms with E-state index in [1.54, 1.807) is 6.92 Å². The third kappa shape index (κ3) is 7.10. The lowest BCUT2D eigenvalue weighted by atomic mass is 9.80. The van der Waals surface area contributed by atoms with Crippen molar-refractivity contribution < 1.29 is 18.8 Å². The Bertz CT molecular complexity index is 847. The fraction of sp³-hybridized carbons (Fsp3) is 0.682. The van der Waals surface area contributed by atoms with Gasteiger partial charge in [-0.2, -0.15) is 0 Å². The highest BCUT2D eigenvalue weighted by Crippen LogP contribution is 2.29. The topological polar surface area (TPSA) is 114 Å². The lowest BCUT2D eigenvalue weighted by molar-refractivity contribution is -0.133. The van der Waals surface area contributed by atoms with Crippen LogP contribution in [0.5, 0.6) is 0 Å². The van der Waals surface area contributed by atoms with Gasteiger partial charge in [-0.05, 0) is 38.0 Å². The van der Waals surface area contributed by atoms with Crippen molar-refractivity contribution in [1.82, 2.24) is 20.8 Å². The Morgan fingerprint density at radius 1 is 1.13 bits per heavy atom. The minimum Gasteiger partial charge on any atom is -0.408 e. The standard InChI is InChI=1S/C22H32N4O4S/c1-6-10-17(27)24-22(11-8-7-9-12-22)20(29)23-16(13-14(2)3)18(28)19-25-26-21(30-19)31-15(4)5/h14-16H,7-9,11-13H2,1-5H3,(H,23,29)(H,24,27)/t16-/m0/s1. The maximum absolute atomic E-state index is 13.3. The predicted octanol–water partition coefficient (Wildman–Crippen LogP) is 3.13. The average molecular weight is 449 g/mol. The number of thioether (sulfide) groups is 1. The third-order valence-electron chi connectivity index (χ3n) is 5.02. The van der Waals surface area contributed by atoms with E-state index in [1.807, 2.05) is 27.7 Å². The van der Waals surface area contributed by atoms with Crippen LogP contribution in [0.3, 0.4) is 0 Å². The van der Waals surface area contributed by atoms with Crippen LogP contribution in [0.1, 0.15) is 83.8 Å². The number of ketones is 1. The first-order chi connectivity index (χ1) is 14.7. The van der Waals surface area contributed by atoms with Crippen LogP contribution < -0.4 is 10.6 Å². The molecule has 1 aromatic rings. The van der Waals surface area contributed by atoms with E-state index in [2.05, 4.69) is 32.7 Å². The first-order valence-corrected chi connectivity index (χ1v) is 11.6. The lowest BCUT2D eigenvalue weighted by Gasteiger charge is -2.37. The van der Waals surface area contributed by atoms with E-state index >= 15 is 0 Å². The number of aromatic nitrogens is 2. The van der Waals surface area contributed by atoms with Gasteiger partial charge < -0.3 is 15.1 Å². The molecule has 0 radical (unpaired) electrons. The van der Waals surface area contributed by atoms with Gasteiger partial charge in [0.1, 0.15) is 5.54 Å². The summed E-state index contributed by atoms with van der Waals surface area (Å²) in [5, 5.41) is 14.0.